The average molecular weight is 412 g/mol. The third kappa shape index (κ3) is 7.82. The van der Waals surface area contributed by atoms with E-state index in [-0.39, 0.29) is 0 Å². The fourth-order valence-corrected chi connectivity index (χ4v) is 3.03. The Morgan fingerprint density at radius 1 is 0.900 bits per heavy atom. The van der Waals surface area contributed by atoms with Gasteiger partial charge < -0.3 is 19.0 Å². The minimum Gasteiger partial charge on any atom is -0.493 e. The molecule has 0 saturated heterocycles. The zero-order chi connectivity index (χ0) is 21.6. The van der Waals surface area contributed by atoms with Crippen molar-refractivity contribution >= 4 is 6.21 Å². The summed E-state index contributed by atoms with van der Waals surface area (Å²) >= 11 is 0. The number of benzene rings is 2. The summed E-state index contributed by atoms with van der Waals surface area (Å²) < 4.78 is 17.6. The molecule has 5 nitrogen and oxygen atoms in total. The molecule has 2 aromatic rings. The van der Waals surface area contributed by atoms with E-state index in [2.05, 4.69) is 19.0 Å². The molecule has 0 saturated carbocycles. The van der Waals surface area contributed by atoms with Gasteiger partial charge in [-0.05, 0) is 75.4 Å². The van der Waals surface area contributed by atoms with E-state index < -0.39 is 0 Å². The van der Waals surface area contributed by atoms with Crippen LogP contribution in [0.15, 0.2) is 53.7 Å². The van der Waals surface area contributed by atoms with Crippen molar-refractivity contribution in [3.8, 4) is 17.2 Å². The Hall–Kier alpha value is -2.95. The molecular weight excluding hydrogens is 378 g/mol. The first-order chi connectivity index (χ1) is 14.7. The Kier molecular flexibility index (Phi) is 10.3. The van der Waals surface area contributed by atoms with Gasteiger partial charge in [-0.1, -0.05) is 29.4 Å². The molecule has 2 aromatic carbocycles. The van der Waals surface area contributed by atoms with Gasteiger partial charge in [0.1, 0.15) is 31.0 Å². The zero-order valence-electron chi connectivity index (χ0n) is 18.5. The maximum absolute atomic E-state index is 6.03. The van der Waals surface area contributed by atoms with E-state index >= 15 is 0 Å². The Morgan fingerprint density at radius 2 is 1.60 bits per heavy atom. The van der Waals surface area contributed by atoms with Crippen LogP contribution < -0.4 is 14.2 Å². The van der Waals surface area contributed by atoms with Gasteiger partial charge in [-0.25, -0.2) is 0 Å². The first kappa shape index (κ1) is 23.3. The highest BCUT2D eigenvalue weighted by Crippen LogP contribution is 2.28. The van der Waals surface area contributed by atoms with Crippen LogP contribution in [-0.2, 0) is 4.84 Å². The quantitative estimate of drug-likeness (QED) is 0.179. The lowest BCUT2D eigenvalue weighted by atomic mass is 10.1. The Bertz CT molecular complexity index is 807. The highest BCUT2D eigenvalue weighted by Gasteiger charge is 2.07. The first-order valence-corrected chi connectivity index (χ1v) is 10.4. The van der Waals surface area contributed by atoms with Gasteiger partial charge >= 0.3 is 0 Å². The topological polar surface area (TPSA) is 49.3 Å². The van der Waals surface area contributed by atoms with Crippen LogP contribution >= 0.6 is 0 Å². The molecule has 0 bridgehead atoms. The summed E-state index contributed by atoms with van der Waals surface area (Å²) in [4.78, 5) is 4.74. The van der Waals surface area contributed by atoms with Gasteiger partial charge in [0.05, 0.1) is 19.4 Å². The summed E-state index contributed by atoms with van der Waals surface area (Å²) in [6.45, 7) is 8.04. The molecule has 162 valence electrons. The van der Waals surface area contributed by atoms with E-state index in [1.165, 1.54) is 7.11 Å². The fourth-order valence-electron chi connectivity index (χ4n) is 3.03. The van der Waals surface area contributed by atoms with Gasteiger partial charge in [0, 0.05) is 5.56 Å². The lowest BCUT2D eigenvalue weighted by Crippen LogP contribution is -2.04. The van der Waals surface area contributed by atoms with E-state index in [0.29, 0.717) is 19.8 Å². The number of hydrogen-bond donors (Lipinski definition) is 0. The molecule has 0 amide bonds. The number of hydrogen-bond acceptors (Lipinski definition) is 5. The lowest BCUT2D eigenvalue weighted by molar-refractivity contribution is 0.215. The van der Waals surface area contributed by atoms with E-state index in [4.69, 9.17) is 19.0 Å². The summed E-state index contributed by atoms with van der Waals surface area (Å²) in [6, 6.07) is 11.9. The van der Waals surface area contributed by atoms with Crippen LogP contribution in [0.3, 0.4) is 0 Å². The number of para-hydroxylation sites is 1. The van der Waals surface area contributed by atoms with Gasteiger partial charge in [0.2, 0.25) is 0 Å². The van der Waals surface area contributed by atoms with E-state index in [9.17, 15) is 0 Å². The smallest absolute Gasteiger partial charge is 0.128 e. The van der Waals surface area contributed by atoms with E-state index in [0.717, 1.165) is 53.2 Å². The van der Waals surface area contributed by atoms with Crippen LogP contribution in [0.1, 0.15) is 42.9 Å². The molecule has 0 aliphatic heterocycles. The minimum atomic E-state index is 0.585. The number of aryl methyl sites for hydroxylation is 2. The van der Waals surface area contributed by atoms with Gasteiger partial charge in [-0.2, -0.15) is 0 Å². The molecule has 0 fully saturated rings. The van der Waals surface area contributed by atoms with Crippen LogP contribution in [0.4, 0.5) is 0 Å². The van der Waals surface area contributed by atoms with Gasteiger partial charge in [-0.3, -0.25) is 0 Å². The summed E-state index contributed by atoms with van der Waals surface area (Å²) in [7, 11) is 1.53. The molecule has 5 heteroatoms. The zero-order valence-corrected chi connectivity index (χ0v) is 18.5. The summed E-state index contributed by atoms with van der Waals surface area (Å²) in [5.41, 5.74) is 3.11. The number of unbranched alkanes of at least 4 members (excludes halogenated alkanes) is 2. The molecule has 0 spiro atoms. The summed E-state index contributed by atoms with van der Waals surface area (Å²) in [5, 5.41) is 3.81. The monoisotopic (exact) mass is 411 g/mol. The van der Waals surface area contributed by atoms with Crippen LogP contribution in [0, 0.1) is 13.8 Å². The predicted octanol–water partition coefficient (Wildman–Crippen LogP) is 5.87. The molecule has 0 atom stereocenters. The van der Waals surface area contributed by atoms with Gasteiger partial charge in [0.15, 0.2) is 0 Å². The Morgan fingerprint density at radius 3 is 2.30 bits per heavy atom. The van der Waals surface area contributed by atoms with E-state index in [1.807, 2.05) is 55.5 Å². The second-order valence-corrected chi connectivity index (χ2v) is 6.98. The van der Waals surface area contributed by atoms with Crippen LogP contribution in [0.25, 0.3) is 0 Å². The standard InChI is InChI=1S/C25H33NO4/c1-5-6-14-28-23-17-20(2)25(21(3)18-23)30-16-11-7-10-15-29-24-13-9-8-12-22(24)19-26-27-4/h5-6,8-9,12-13,17-19H,7,10-11,14-16H2,1-4H3/b6-5+,26-19?. The number of ether oxygens (including phenoxy) is 3. The van der Waals surface area contributed by atoms with Crippen molar-refractivity contribution in [2.75, 3.05) is 26.9 Å². The second kappa shape index (κ2) is 13.3. The summed E-state index contributed by atoms with van der Waals surface area (Å²) in [6.07, 6.45) is 8.62. The maximum Gasteiger partial charge on any atom is 0.128 e. The highest BCUT2D eigenvalue weighted by molar-refractivity contribution is 5.83. The van der Waals surface area contributed by atoms with Crippen LogP contribution in [0.2, 0.25) is 0 Å². The van der Waals surface area contributed by atoms with Crippen molar-refractivity contribution in [3.05, 3.63) is 65.2 Å². The molecule has 0 aromatic heterocycles. The van der Waals surface area contributed by atoms with Crippen molar-refractivity contribution in [3.63, 3.8) is 0 Å². The molecule has 0 radical (unpaired) electrons. The molecular formula is C25H33NO4. The molecule has 0 heterocycles. The third-order valence-electron chi connectivity index (χ3n) is 4.52. The highest BCUT2D eigenvalue weighted by atomic mass is 16.6. The third-order valence-corrected chi connectivity index (χ3v) is 4.52. The normalized spacial score (nSPS) is 11.2. The predicted molar refractivity (Wildman–Crippen MR) is 122 cm³/mol. The van der Waals surface area contributed by atoms with Crippen molar-refractivity contribution in [2.24, 2.45) is 5.16 Å². The number of nitrogens with zero attached hydrogens (tertiary/aromatic N) is 1. The van der Waals surface area contributed by atoms with Gasteiger partial charge in [-0.15, -0.1) is 0 Å². The average Bonchev–Trinajstić information content (AvgIpc) is 2.74. The SMILES string of the molecule is C/C=C/COc1cc(C)c(OCCCCCOc2ccccc2C=NOC)c(C)c1. The fraction of sp³-hybridized carbons (Fsp3) is 0.400. The van der Waals surface area contributed by atoms with Crippen molar-refractivity contribution in [2.45, 2.75) is 40.0 Å². The number of oxime groups is 1. The number of rotatable bonds is 13. The second-order valence-electron chi connectivity index (χ2n) is 6.98. The largest absolute Gasteiger partial charge is 0.493 e. The Balaban J connectivity index is 1.70. The Labute approximate surface area is 180 Å². The molecule has 30 heavy (non-hydrogen) atoms. The summed E-state index contributed by atoms with van der Waals surface area (Å²) in [5.74, 6) is 2.65. The molecule has 0 unspecified atom stereocenters. The maximum atomic E-state index is 6.03. The molecule has 0 aliphatic rings. The molecule has 0 aliphatic carbocycles. The van der Waals surface area contributed by atoms with Crippen molar-refractivity contribution < 1.29 is 19.0 Å². The number of allylic oxidation sites excluding steroid dienone is 1. The molecule has 2 rings (SSSR count). The van der Waals surface area contributed by atoms with Crippen molar-refractivity contribution in [1.82, 2.24) is 0 Å². The minimum absolute atomic E-state index is 0.585. The van der Waals surface area contributed by atoms with Crippen LogP contribution in [0.5, 0.6) is 17.2 Å². The lowest BCUT2D eigenvalue weighted by Gasteiger charge is -2.14. The van der Waals surface area contributed by atoms with Crippen LogP contribution in [-0.4, -0.2) is 33.1 Å². The first-order valence-electron chi connectivity index (χ1n) is 10.4. The van der Waals surface area contributed by atoms with E-state index in [1.54, 1.807) is 6.21 Å². The van der Waals surface area contributed by atoms with Gasteiger partial charge in [0.25, 0.3) is 0 Å². The molecule has 0 N–H and O–H groups in total. The van der Waals surface area contributed by atoms with Crippen molar-refractivity contribution in [1.29, 1.82) is 0 Å².